The minimum Gasteiger partial charge on any atom is -0.345 e. The maximum atomic E-state index is 12.8. The summed E-state index contributed by atoms with van der Waals surface area (Å²) in [7, 11) is 0. The average Bonchev–Trinajstić information content (AvgIpc) is 3.10. The fraction of sp³-hybridized carbons (Fsp3) is 0.389. The molecule has 2 aromatic heterocycles. The van der Waals surface area contributed by atoms with Crippen LogP contribution in [-0.4, -0.2) is 28.3 Å². The number of alkyl halides is 6. The van der Waals surface area contributed by atoms with E-state index >= 15 is 0 Å². The van der Waals surface area contributed by atoms with Gasteiger partial charge in [-0.15, -0.1) is 0 Å². The van der Waals surface area contributed by atoms with E-state index in [0.717, 1.165) is 18.2 Å². The van der Waals surface area contributed by atoms with Crippen molar-refractivity contribution < 1.29 is 31.1 Å². The predicted octanol–water partition coefficient (Wildman–Crippen LogP) is 4.95. The van der Waals surface area contributed by atoms with Gasteiger partial charge in [0.1, 0.15) is 5.82 Å². The molecule has 29 heavy (non-hydrogen) atoms. The molecular formula is C18H14ClF6N3O. The molecule has 0 aliphatic carbocycles. The van der Waals surface area contributed by atoms with Crippen LogP contribution in [0.4, 0.5) is 32.2 Å². The van der Waals surface area contributed by atoms with Crippen LogP contribution in [0.3, 0.4) is 0 Å². The van der Waals surface area contributed by atoms with Crippen molar-refractivity contribution in [2.75, 3.05) is 11.4 Å². The number of nitrogens with zero attached hydrogens (tertiary/aromatic N) is 3. The maximum absolute atomic E-state index is 12.8. The molecule has 0 saturated carbocycles. The second-order valence-corrected chi connectivity index (χ2v) is 6.96. The third-order valence-electron chi connectivity index (χ3n) is 4.55. The molecule has 0 radical (unpaired) electrons. The van der Waals surface area contributed by atoms with Crippen LogP contribution in [0, 0.1) is 0 Å². The molecule has 3 heterocycles. The highest BCUT2D eigenvalue weighted by Gasteiger charge is 2.36. The number of hydrogen-bond donors (Lipinski definition) is 0. The number of Topliss-reactive ketones (excluding diaryl/α,β-unsaturated/α-hetero) is 1. The van der Waals surface area contributed by atoms with Crippen LogP contribution >= 0.6 is 11.6 Å². The molecule has 0 bridgehead atoms. The molecule has 0 spiro atoms. The molecule has 0 N–H and O–H groups in total. The van der Waals surface area contributed by atoms with E-state index in [1.807, 2.05) is 0 Å². The zero-order chi connectivity index (χ0) is 21.4. The SMILES string of the molecule is O=C(Cc1ccc(C(F)(F)F)cn1)C1CCCN1c1ncc(C(F)(F)F)cc1Cl. The van der Waals surface area contributed by atoms with E-state index in [-0.39, 0.29) is 28.7 Å². The van der Waals surface area contributed by atoms with Gasteiger partial charge in [-0.1, -0.05) is 11.6 Å². The number of rotatable bonds is 4. The van der Waals surface area contributed by atoms with Crippen molar-refractivity contribution in [3.63, 3.8) is 0 Å². The molecule has 0 amide bonds. The lowest BCUT2D eigenvalue weighted by Gasteiger charge is -2.26. The largest absolute Gasteiger partial charge is 0.417 e. The molecule has 1 unspecified atom stereocenters. The Hall–Kier alpha value is -2.36. The number of hydrogen-bond acceptors (Lipinski definition) is 4. The summed E-state index contributed by atoms with van der Waals surface area (Å²) in [6.07, 6.45) is -7.00. The van der Waals surface area contributed by atoms with Gasteiger partial charge in [0, 0.05) is 24.6 Å². The lowest BCUT2D eigenvalue weighted by atomic mass is 10.0. The molecule has 156 valence electrons. The van der Waals surface area contributed by atoms with E-state index in [2.05, 4.69) is 9.97 Å². The van der Waals surface area contributed by atoms with E-state index in [4.69, 9.17) is 11.6 Å². The van der Waals surface area contributed by atoms with Gasteiger partial charge in [0.15, 0.2) is 5.78 Å². The minimum absolute atomic E-state index is 0.0656. The van der Waals surface area contributed by atoms with Crippen LogP contribution in [0.25, 0.3) is 0 Å². The first kappa shape index (κ1) is 21.4. The molecule has 3 rings (SSSR count). The Bertz CT molecular complexity index is 898. The number of halogens is 7. The number of carbonyl (C=O) groups excluding carboxylic acids is 1. The van der Waals surface area contributed by atoms with Crippen molar-refractivity contribution >= 4 is 23.2 Å². The fourth-order valence-corrected chi connectivity index (χ4v) is 3.42. The second-order valence-electron chi connectivity index (χ2n) is 6.56. The van der Waals surface area contributed by atoms with E-state index in [1.54, 1.807) is 0 Å². The molecule has 1 saturated heterocycles. The zero-order valence-electron chi connectivity index (χ0n) is 14.7. The fourth-order valence-electron chi connectivity index (χ4n) is 3.15. The number of aromatic nitrogens is 2. The van der Waals surface area contributed by atoms with Gasteiger partial charge < -0.3 is 4.90 Å². The average molecular weight is 438 g/mol. The summed E-state index contributed by atoms with van der Waals surface area (Å²) >= 11 is 5.97. The highest BCUT2D eigenvalue weighted by Crippen LogP contribution is 2.36. The Morgan fingerprint density at radius 3 is 2.28 bits per heavy atom. The van der Waals surface area contributed by atoms with Gasteiger partial charge in [-0.05, 0) is 31.0 Å². The molecule has 1 aliphatic rings. The molecule has 1 aliphatic heterocycles. The van der Waals surface area contributed by atoms with E-state index in [1.165, 1.54) is 4.90 Å². The molecule has 11 heteroatoms. The van der Waals surface area contributed by atoms with Crippen LogP contribution in [0.15, 0.2) is 30.6 Å². The van der Waals surface area contributed by atoms with Crippen LogP contribution in [0.5, 0.6) is 0 Å². The summed E-state index contributed by atoms with van der Waals surface area (Å²) in [5, 5.41) is -0.229. The van der Waals surface area contributed by atoms with E-state index < -0.39 is 29.5 Å². The monoisotopic (exact) mass is 437 g/mol. The predicted molar refractivity (Wildman–Crippen MR) is 92.6 cm³/mol. The van der Waals surface area contributed by atoms with Gasteiger partial charge >= 0.3 is 12.4 Å². The summed E-state index contributed by atoms with van der Waals surface area (Å²) in [6, 6.07) is 2.03. The molecule has 1 fully saturated rings. The third-order valence-corrected chi connectivity index (χ3v) is 4.83. The molecule has 0 aromatic carbocycles. The molecule has 1 atom stereocenters. The Morgan fingerprint density at radius 1 is 1.07 bits per heavy atom. The van der Waals surface area contributed by atoms with Crippen LogP contribution in [-0.2, 0) is 23.6 Å². The van der Waals surface area contributed by atoms with Crippen molar-refractivity contribution in [1.29, 1.82) is 0 Å². The first-order valence-electron chi connectivity index (χ1n) is 8.51. The molecular weight excluding hydrogens is 424 g/mol. The lowest BCUT2D eigenvalue weighted by Crippen LogP contribution is -2.38. The number of carbonyl (C=O) groups is 1. The molecule has 4 nitrogen and oxygen atoms in total. The van der Waals surface area contributed by atoms with Crippen molar-refractivity contribution in [3.05, 3.63) is 52.4 Å². The highest BCUT2D eigenvalue weighted by molar-refractivity contribution is 6.33. The first-order chi connectivity index (χ1) is 13.5. The topological polar surface area (TPSA) is 46.1 Å². The standard InChI is InChI=1S/C18H14ClF6N3O/c19-13-6-11(18(23,24)25)9-27-16(13)28-5-1-2-14(28)15(29)7-12-4-3-10(8-26-12)17(20,21)22/h3-4,6,8-9,14H,1-2,5,7H2. The second kappa shape index (κ2) is 7.81. The van der Waals surface area contributed by atoms with Gasteiger partial charge in [0.05, 0.1) is 28.6 Å². The zero-order valence-corrected chi connectivity index (χ0v) is 15.4. The van der Waals surface area contributed by atoms with Gasteiger partial charge in [-0.2, -0.15) is 26.3 Å². The van der Waals surface area contributed by atoms with Crippen molar-refractivity contribution in [1.82, 2.24) is 9.97 Å². The van der Waals surface area contributed by atoms with Gasteiger partial charge in [-0.25, -0.2) is 4.98 Å². The van der Waals surface area contributed by atoms with Crippen LogP contribution < -0.4 is 4.90 Å². The van der Waals surface area contributed by atoms with Crippen molar-refractivity contribution in [3.8, 4) is 0 Å². The number of pyridine rings is 2. The van der Waals surface area contributed by atoms with Crippen molar-refractivity contribution in [2.45, 2.75) is 37.7 Å². The maximum Gasteiger partial charge on any atom is 0.417 e. The Balaban J connectivity index is 1.76. The highest BCUT2D eigenvalue weighted by atomic mass is 35.5. The smallest absolute Gasteiger partial charge is 0.345 e. The van der Waals surface area contributed by atoms with Gasteiger partial charge in [0.2, 0.25) is 0 Å². The van der Waals surface area contributed by atoms with E-state index in [9.17, 15) is 31.1 Å². The first-order valence-corrected chi connectivity index (χ1v) is 8.89. The molecule has 2 aromatic rings. The Labute approximate surface area is 166 Å². The third kappa shape index (κ3) is 4.80. The van der Waals surface area contributed by atoms with Crippen LogP contribution in [0.2, 0.25) is 5.02 Å². The summed E-state index contributed by atoms with van der Waals surface area (Å²) in [6.45, 7) is 0.370. The summed E-state index contributed by atoms with van der Waals surface area (Å²) in [5.41, 5.74) is -1.75. The number of ketones is 1. The summed E-state index contributed by atoms with van der Waals surface area (Å²) in [5.74, 6) is -0.261. The Morgan fingerprint density at radius 2 is 1.72 bits per heavy atom. The quantitative estimate of drug-likeness (QED) is 0.635. The minimum atomic E-state index is -4.59. The summed E-state index contributed by atoms with van der Waals surface area (Å²) < 4.78 is 76.2. The van der Waals surface area contributed by atoms with Gasteiger partial charge in [-0.3, -0.25) is 9.78 Å². The summed E-state index contributed by atoms with van der Waals surface area (Å²) in [4.78, 5) is 21.7. The normalized spacial score (nSPS) is 17.6. The van der Waals surface area contributed by atoms with E-state index in [0.29, 0.717) is 31.8 Å². The lowest BCUT2D eigenvalue weighted by molar-refractivity contribution is -0.138. The van der Waals surface area contributed by atoms with Crippen molar-refractivity contribution in [2.24, 2.45) is 0 Å². The van der Waals surface area contributed by atoms with Gasteiger partial charge in [0.25, 0.3) is 0 Å². The Kier molecular flexibility index (Phi) is 5.75. The van der Waals surface area contributed by atoms with Crippen LogP contribution in [0.1, 0.15) is 29.7 Å². The number of anilines is 1.